The Kier molecular flexibility index (Phi) is 6.20. The smallest absolute Gasteiger partial charge is 0.131 e. The van der Waals surface area contributed by atoms with Gasteiger partial charge in [-0.05, 0) is 43.4 Å². The molecular formula is C18H26N4O. The molecule has 5 heteroatoms. The summed E-state index contributed by atoms with van der Waals surface area (Å²) in [5.74, 6) is 3.53. The number of nitrogen functional groups attached to an aromatic ring is 1. The average Bonchev–Trinajstić information content (AvgIpc) is 2.47. The van der Waals surface area contributed by atoms with Crippen molar-refractivity contribution in [3.63, 3.8) is 0 Å². The second kappa shape index (κ2) is 8.36. The number of nitrogens with zero attached hydrogens (tertiary/aromatic N) is 2. The fraction of sp³-hybridized carbons (Fsp3) is 0.444. The lowest BCUT2D eigenvalue weighted by molar-refractivity contribution is 0.289. The zero-order valence-electron chi connectivity index (χ0n) is 14.2. The van der Waals surface area contributed by atoms with E-state index in [1.165, 1.54) is 5.56 Å². The van der Waals surface area contributed by atoms with E-state index in [9.17, 15) is 0 Å². The number of aromatic nitrogens is 2. The standard InChI is InChI=1S/C18H26N4O/c1-13(2)9-11-23-16-6-4-15(5-7-16)8-10-20-18-12-17(19)21-14(3)22-18/h4-7,12-13H,8-11H2,1-3H3,(H3,19,20,21,22). The lowest BCUT2D eigenvalue weighted by Gasteiger charge is -2.09. The van der Waals surface area contributed by atoms with Crippen molar-refractivity contribution in [3.8, 4) is 5.75 Å². The molecule has 0 spiro atoms. The van der Waals surface area contributed by atoms with E-state index in [4.69, 9.17) is 10.5 Å². The van der Waals surface area contributed by atoms with Crippen LogP contribution < -0.4 is 15.8 Å². The van der Waals surface area contributed by atoms with Crippen LogP contribution in [0, 0.1) is 12.8 Å². The molecule has 0 fully saturated rings. The molecule has 0 saturated carbocycles. The first kappa shape index (κ1) is 17.1. The van der Waals surface area contributed by atoms with E-state index >= 15 is 0 Å². The van der Waals surface area contributed by atoms with E-state index in [1.54, 1.807) is 6.07 Å². The second-order valence-corrected chi connectivity index (χ2v) is 6.08. The summed E-state index contributed by atoms with van der Waals surface area (Å²) in [4.78, 5) is 8.36. The minimum atomic E-state index is 0.489. The number of anilines is 2. The predicted octanol–water partition coefficient (Wildman–Crippen LogP) is 3.45. The molecule has 0 aliphatic rings. The van der Waals surface area contributed by atoms with E-state index in [-0.39, 0.29) is 0 Å². The molecule has 0 radical (unpaired) electrons. The van der Waals surface area contributed by atoms with Gasteiger partial charge in [-0.15, -0.1) is 0 Å². The number of nitrogens with one attached hydrogen (secondary N) is 1. The molecule has 5 nitrogen and oxygen atoms in total. The molecule has 0 aliphatic carbocycles. The minimum absolute atomic E-state index is 0.489. The van der Waals surface area contributed by atoms with Crippen LogP contribution in [-0.2, 0) is 6.42 Å². The fourth-order valence-electron chi connectivity index (χ4n) is 2.18. The van der Waals surface area contributed by atoms with Gasteiger partial charge >= 0.3 is 0 Å². The van der Waals surface area contributed by atoms with Gasteiger partial charge in [0.1, 0.15) is 23.2 Å². The molecule has 0 unspecified atom stereocenters. The summed E-state index contributed by atoms with van der Waals surface area (Å²) in [5.41, 5.74) is 6.97. The summed E-state index contributed by atoms with van der Waals surface area (Å²) >= 11 is 0. The van der Waals surface area contributed by atoms with Gasteiger partial charge in [-0.1, -0.05) is 26.0 Å². The molecule has 0 amide bonds. The van der Waals surface area contributed by atoms with Crippen LogP contribution in [0.4, 0.5) is 11.6 Å². The van der Waals surface area contributed by atoms with Crippen molar-refractivity contribution in [2.45, 2.75) is 33.6 Å². The summed E-state index contributed by atoms with van der Waals surface area (Å²) in [7, 11) is 0. The third-order valence-corrected chi connectivity index (χ3v) is 3.46. The SMILES string of the molecule is Cc1nc(N)cc(NCCc2ccc(OCCC(C)C)cc2)n1. The zero-order valence-corrected chi connectivity index (χ0v) is 14.2. The van der Waals surface area contributed by atoms with Crippen molar-refractivity contribution in [2.75, 3.05) is 24.2 Å². The van der Waals surface area contributed by atoms with Crippen molar-refractivity contribution < 1.29 is 4.74 Å². The maximum absolute atomic E-state index is 5.73. The van der Waals surface area contributed by atoms with Crippen molar-refractivity contribution >= 4 is 11.6 Å². The molecule has 124 valence electrons. The summed E-state index contributed by atoms with van der Waals surface area (Å²) in [6, 6.07) is 10.0. The number of hydrogen-bond acceptors (Lipinski definition) is 5. The Bertz CT molecular complexity index is 591. The Hall–Kier alpha value is -2.30. The van der Waals surface area contributed by atoms with Crippen LogP contribution in [0.3, 0.4) is 0 Å². The molecule has 2 rings (SSSR count). The van der Waals surface area contributed by atoms with Gasteiger partial charge in [-0.3, -0.25) is 0 Å². The van der Waals surface area contributed by atoms with Gasteiger partial charge in [0, 0.05) is 12.6 Å². The number of nitrogens with two attached hydrogens (primary N) is 1. The molecule has 1 aromatic heterocycles. The van der Waals surface area contributed by atoms with Crippen LogP contribution in [-0.4, -0.2) is 23.1 Å². The number of hydrogen-bond donors (Lipinski definition) is 2. The molecule has 2 aromatic rings. The zero-order chi connectivity index (χ0) is 16.7. The van der Waals surface area contributed by atoms with Gasteiger partial charge in [0.15, 0.2) is 0 Å². The van der Waals surface area contributed by atoms with Crippen LogP contribution >= 0.6 is 0 Å². The van der Waals surface area contributed by atoms with E-state index in [0.717, 1.165) is 37.6 Å². The van der Waals surface area contributed by atoms with Crippen LogP contribution in [0.15, 0.2) is 30.3 Å². The lowest BCUT2D eigenvalue weighted by atomic mass is 10.1. The quantitative estimate of drug-likeness (QED) is 0.781. The van der Waals surface area contributed by atoms with Crippen LogP contribution in [0.1, 0.15) is 31.7 Å². The Morgan fingerprint density at radius 2 is 1.91 bits per heavy atom. The summed E-state index contributed by atoms with van der Waals surface area (Å²) < 4.78 is 5.73. The maximum atomic E-state index is 5.73. The highest BCUT2D eigenvalue weighted by molar-refractivity contribution is 5.44. The number of aryl methyl sites for hydroxylation is 1. The first-order chi connectivity index (χ1) is 11.0. The van der Waals surface area contributed by atoms with Crippen molar-refractivity contribution in [3.05, 3.63) is 41.7 Å². The Labute approximate surface area is 138 Å². The average molecular weight is 314 g/mol. The van der Waals surface area contributed by atoms with Gasteiger partial charge in [-0.2, -0.15) is 0 Å². The molecule has 0 atom stereocenters. The molecule has 3 N–H and O–H groups in total. The maximum Gasteiger partial charge on any atom is 0.131 e. The van der Waals surface area contributed by atoms with Crippen LogP contribution in [0.2, 0.25) is 0 Å². The minimum Gasteiger partial charge on any atom is -0.494 e. The number of rotatable bonds is 8. The fourth-order valence-corrected chi connectivity index (χ4v) is 2.18. The second-order valence-electron chi connectivity index (χ2n) is 6.08. The molecule has 0 saturated heterocycles. The number of benzene rings is 1. The number of ether oxygens (including phenoxy) is 1. The molecule has 23 heavy (non-hydrogen) atoms. The highest BCUT2D eigenvalue weighted by Crippen LogP contribution is 2.14. The van der Waals surface area contributed by atoms with Crippen LogP contribution in [0.5, 0.6) is 5.75 Å². The van der Waals surface area contributed by atoms with Crippen LogP contribution in [0.25, 0.3) is 0 Å². The van der Waals surface area contributed by atoms with Gasteiger partial charge in [0.25, 0.3) is 0 Å². The summed E-state index contributed by atoms with van der Waals surface area (Å²) in [6.45, 7) is 7.80. The van der Waals surface area contributed by atoms with Crippen molar-refractivity contribution in [1.82, 2.24) is 9.97 Å². The molecule has 1 heterocycles. The molecule has 1 aromatic carbocycles. The molecule has 0 aliphatic heterocycles. The Morgan fingerprint density at radius 1 is 1.17 bits per heavy atom. The van der Waals surface area contributed by atoms with Crippen molar-refractivity contribution in [2.24, 2.45) is 5.92 Å². The van der Waals surface area contributed by atoms with Gasteiger partial charge in [0.2, 0.25) is 0 Å². The lowest BCUT2D eigenvalue weighted by Crippen LogP contribution is -2.08. The largest absolute Gasteiger partial charge is 0.494 e. The van der Waals surface area contributed by atoms with E-state index in [0.29, 0.717) is 17.6 Å². The molecule has 0 bridgehead atoms. The van der Waals surface area contributed by atoms with Gasteiger partial charge < -0.3 is 15.8 Å². The highest BCUT2D eigenvalue weighted by atomic mass is 16.5. The Morgan fingerprint density at radius 3 is 2.57 bits per heavy atom. The third-order valence-electron chi connectivity index (χ3n) is 3.46. The normalized spacial score (nSPS) is 10.8. The van der Waals surface area contributed by atoms with Crippen molar-refractivity contribution in [1.29, 1.82) is 0 Å². The van der Waals surface area contributed by atoms with E-state index in [2.05, 4.69) is 41.3 Å². The first-order valence-electron chi connectivity index (χ1n) is 8.09. The third kappa shape index (κ3) is 6.14. The van der Waals surface area contributed by atoms with E-state index in [1.807, 2.05) is 19.1 Å². The summed E-state index contributed by atoms with van der Waals surface area (Å²) in [6.07, 6.45) is 1.99. The summed E-state index contributed by atoms with van der Waals surface area (Å²) in [5, 5.41) is 3.27. The monoisotopic (exact) mass is 314 g/mol. The van der Waals surface area contributed by atoms with E-state index < -0.39 is 0 Å². The first-order valence-corrected chi connectivity index (χ1v) is 8.09. The Balaban J connectivity index is 1.77. The highest BCUT2D eigenvalue weighted by Gasteiger charge is 2.00. The van der Waals surface area contributed by atoms with Gasteiger partial charge in [-0.25, -0.2) is 9.97 Å². The molecular weight excluding hydrogens is 288 g/mol. The topological polar surface area (TPSA) is 73.1 Å². The predicted molar refractivity (Wildman–Crippen MR) is 94.8 cm³/mol. The van der Waals surface area contributed by atoms with Gasteiger partial charge in [0.05, 0.1) is 6.61 Å².